The van der Waals surface area contributed by atoms with E-state index in [-0.39, 0.29) is 21.5 Å². The van der Waals surface area contributed by atoms with Crippen molar-refractivity contribution in [1.29, 1.82) is 10.7 Å². The molecule has 1 heterocycles. The summed E-state index contributed by atoms with van der Waals surface area (Å²) in [6, 6.07) is 2.92. The third-order valence-electron chi connectivity index (χ3n) is 2.26. The zero-order chi connectivity index (χ0) is 15.3. The number of pyridine rings is 1. The maximum absolute atomic E-state index is 11.6. The monoisotopic (exact) mass is 313 g/mol. The minimum atomic E-state index is -1.21. The van der Waals surface area contributed by atoms with Crippen molar-refractivity contribution in [3.8, 4) is 6.07 Å². The van der Waals surface area contributed by atoms with E-state index in [0.717, 1.165) is 6.20 Å². The van der Waals surface area contributed by atoms with Crippen LogP contribution in [0.1, 0.15) is 17.3 Å². The van der Waals surface area contributed by atoms with Gasteiger partial charge in [-0.25, -0.2) is 9.78 Å². The smallest absolute Gasteiger partial charge is 0.340 e. The molecular formula is C12H9Cl2N3O3. The Hall–Kier alpha value is -1.97. The summed E-state index contributed by atoms with van der Waals surface area (Å²) in [5.41, 5.74) is -0.0722. The summed E-state index contributed by atoms with van der Waals surface area (Å²) >= 11 is 11.3. The molecule has 6 nitrogen and oxygen atoms in total. The maximum Gasteiger partial charge on any atom is 0.340 e. The zero-order valence-electron chi connectivity index (χ0n) is 10.3. The summed E-state index contributed by atoms with van der Waals surface area (Å²) in [5, 5.41) is 16.1. The van der Waals surface area contributed by atoms with Gasteiger partial charge in [0.1, 0.15) is 11.1 Å². The van der Waals surface area contributed by atoms with Gasteiger partial charge >= 0.3 is 5.97 Å². The molecule has 0 saturated heterocycles. The van der Waals surface area contributed by atoms with Gasteiger partial charge in [0.05, 0.1) is 16.7 Å². The molecule has 0 aliphatic carbocycles. The number of carbonyl (C=O) groups excluding carboxylic acids is 2. The highest BCUT2D eigenvalue weighted by atomic mass is 35.5. The minimum Gasteiger partial charge on any atom is -0.454 e. The Morgan fingerprint density at radius 3 is 2.70 bits per heavy atom. The van der Waals surface area contributed by atoms with Crippen LogP contribution in [0.4, 0.5) is 0 Å². The minimum absolute atomic E-state index is 0.0345. The first-order valence-corrected chi connectivity index (χ1v) is 6.08. The van der Waals surface area contributed by atoms with E-state index in [1.54, 1.807) is 6.07 Å². The van der Waals surface area contributed by atoms with Crippen molar-refractivity contribution in [2.24, 2.45) is 5.92 Å². The van der Waals surface area contributed by atoms with E-state index in [4.69, 9.17) is 38.6 Å². The highest BCUT2D eigenvalue weighted by molar-refractivity contribution is 6.41. The Kier molecular flexibility index (Phi) is 5.62. The normalized spacial score (nSPS) is 11.3. The number of carbonyl (C=O) groups is 2. The topological polar surface area (TPSA) is 104 Å². The summed E-state index contributed by atoms with van der Waals surface area (Å²) in [7, 11) is 0. The third-order valence-corrected chi connectivity index (χ3v) is 2.95. The molecule has 1 unspecified atom stereocenters. The summed E-state index contributed by atoms with van der Waals surface area (Å²) in [4.78, 5) is 26.9. The first-order chi connectivity index (χ1) is 9.36. The molecule has 0 bridgehead atoms. The van der Waals surface area contributed by atoms with E-state index in [9.17, 15) is 9.59 Å². The number of halogens is 2. The first kappa shape index (κ1) is 16.1. The van der Waals surface area contributed by atoms with Crippen LogP contribution in [0.15, 0.2) is 12.3 Å². The van der Waals surface area contributed by atoms with E-state index >= 15 is 0 Å². The number of ether oxygens (including phenoxy) is 1. The zero-order valence-corrected chi connectivity index (χ0v) is 11.8. The molecule has 0 spiro atoms. The van der Waals surface area contributed by atoms with Crippen molar-refractivity contribution in [3.63, 3.8) is 0 Å². The van der Waals surface area contributed by atoms with Crippen molar-refractivity contribution in [2.45, 2.75) is 6.92 Å². The molecule has 1 N–H and O–H groups in total. The highest BCUT2D eigenvalue weighted by Crippen LogP contribution is 2.20. The second-order valence-corrected chi connectivity index (χ2v) is 4.55. The fourth-order valence-corrected chi connectivity index (χ4v) is 1.52. The van der Waals surface area contributed by atoms with E-state index < -0.39 is 24.3 Å². The van der Waals surface area contributed by atoms with Crippen LogP contribution in [0.2, 0.25) is 10.2 Å². The number of ketones is 1. The largest absolute Gasteiger partial charge is 0.454 e. The van der Waals surface area contributed by atoms with Gasteiger partial charge in [-0.05, 0) is 13.0 Å². The van der Waals surface area contributed by atoms with Crippen molar-refractivity contribution in [2.75, 3.05) is 6.61 Å². The molecule has 0 aliphatic heterocycles. The number of hydrogen-bond donors (Lipinski definition) is 1. The van der Waals surface area contributed by atoms with Crippen LogP contribution >= 0.6 is 23.2 Å². The van der Waals surface area contributed by atoms with Crippen LogP contribution < -0.4 is 0 Å². The lowest BCUT2D eigenvalue weighted by Gasteiger charge is -2.07. The maximum atomic E-state index is 11.6. The van der Waals surface area contributed by atoms with Crippen molar-refractivity contribution < 1.29 is 14.3 Å². The van der Waals surface area contributed by atoms with Crippen LogP contribution in [0.5, 0.6) is 0 Å². The van der Waals surface area contributed by atoms with Crippen molar-refractivity contribution in [1.82, 2.24) is 4.98 Å². The molecule has 0 fully saturated rings. The van der Waals surface area contributed by atoms with Crippen LogP contribution in [-0.4, -0.2) is 29.1 Å². The molecule has 0 aromatic carbocycles. The number of nitrogens with one attached hydrogen (secondary N) is 1. The molecule has 20 heavy (non-hydrogen) atoms. The highest BCUT2D eigenvalue weighted by Gasteiger charge is 2.22. The number of nitrogens with zero attached hydrogens (tertiary/aromatic N) is 2. The van der Waals surface area contributed by atoms with E-state index in [0.29, 0.717) is 0 Å². The predicted molar refractivity (Wildman–Crippen MR) is 72.1 cm³/mol. The second-order valence-electron chi connectivity index (χ2n) is 3.78. The Balaban J connectivity index is 2.68. The Morgan fingerprint density at radius 1 is 1.55 bits per heavy atom. The molecule has 0 radical (unpaired) electrons. The van der Waals surface area contributed by atoms with Gasteiger partial charge in [-0.15, -0.1) is 0 Å². The predicted octanol–water partition coefficient (Wildman–Crippen LogP) is 2.29. The summed E-state index contributed by atoms with van der Waals surface area (Å²) in [6.45, 7) is 0.726. The Labute approximate surface area is 124 Å². The molecule has 1 atom stereocenters. The SMILES string of the molecule is CC(=N)C(C#N)C(=O)COC(=O)c1cnc(Cl)c(Cl)c1. The Morgan fingerprint density at radius 2 is 2.20 bits per heavy atom. The van der Waals surface area contributed by atoms with Crippen LogP contribution in [0.3, 0.4) is 0 Å². The van der Waals surface area contributed by atoms with Gasteiger partial charge in [0.15, 0.2) is 12.4 Å². The van der Waals surface area contributed by atoms with E-state index in [1.165, 1.54) is 13.0 Å². The molecule has 8 heteroatoms. The van der Waals surface area contributed by atoms with E-state index in [1.807, 2.05) is 0 Å². The number of hydrogen-bond acceptors (Lipinski definition) is 6. The lowest BCUT2D eigenvalue weighted by Crippen LogP contribution is -2.25. The number of esters is 1. The molecule has 0 amide bonds. The van der Waals surface area contributed by atoms with Gasteiger partial charge < -0.3 is 10.1 Å². The fourth-order valence-electron chi connectivity index (χ4n) is 1.25. The van der Waals surface area contributed by atoms with Gasteiger partial charge in [0.25, 0.3) is 0 Å². The van der Waals surface area contributed by atoms with Gasteiger partial charge in [-0.1, -0.05) is 23.2 Å². The number of rotatable bonds is 5. The second kappa shape index (κ2) is 6.98. The van der Waals surface area contributed by atoms with Gasteiger partial charge in [0.2, 0.25) is 0 Å². The standard InChI is InChI=1S/C12H9Cl2N3O3/c1-6(16)8(3-15)10(18)5-20-12(19)7-2-9(13)11(14)17-4-7/h2,4,8,16H,5H2,1H3. The Bertz CT molecular complexity index is 610. The lowest BCUT2D eigenvalue weighted by molar-refractivity contribution is -0.122. The quantitative estimate of drug-likeness (QED) is 0.510. The molecule has 1 aromatic rings. The summed E-state index contributed by atoms with van der Waals surface area (Å²) < 4.78 is 4.74. The van der Waals surface area contributed by atoms with E-state index in [2.05, 4.69) is 4.98 Å². The van der Waals surface area contributed by atoms with Crippen molar-refractivity contribution >= 4 is 40.7 Å². The van der Waals surface area contributed by atoms with Crippen molar-refractivity contribution in [3.05, 3.63) is 28.0 Å². The average molecular weight is 314 g/mol. The molecule has 0 aliphatic rings. The molecular weight excluding hydrogens is 305 g/mol. The first-order valence-electron chi connectivity index (χ1n) is 5.32. The number of aromatic nitrogens is 1. The summed E-state index contributed by atoms with van der Waals surface area (Å²) in [6.07, 6.45) is 1.16. The van der Waals surface area contributed by atoms with Crippen LogP contribution in [0, 0.1) is 22.7 Å². The molecule has 104 valence electrons. The molecule has 1 rings (SSSR count). The number of nitriles is 1. The molecule has 0 saturated carbocycles. The summed E-state index contributed by atoms with van der Waals surface area (Å²) in [5.74, 6) is -2.69. The lowest BCUT2D eigenvalue weighted by atomic mass is 10.0. The molecule has 1 aromatic heterocycles. The average Bonchev–Trinajstić information content (AvgIpc) is 2.39. The number of Topliss-reactive ketones (excluding diaryl/α,β-unsaturated/α-hetero) is 1. The third kappa shape index (κ3) is 4.02. The van der Waals surface area contributed by atoms with Crippen LogP contribution in [-0.2, 0) is 9.53 Å². The van der Waals surface area contributed by atoms with Gasteiger partial charge in [0, 0.05) is 11.9 Å². The van der Waals surface area contributed by atoms with Crippen LogP contribution in [0.25, 0.3) is 0 Å². The van der Waals surface area contributed by atoms with Gasteiger partial charge in [-0.2, -0.15) is 5.26 Å². The fraction of sp³-hybridized carbons (Fsp3) is 0.250. The van der Waals surface area contributed by atoms with Gasteiger partial charge in [-0.3, -0.25) is 4.79 Å².